The predicted molar refractivity (Wildman–Crippen MR) is 68.8 cm³/mol. The quantitative estimate of drug-likeness (QED) is 0.875. The van der Waals surface area contributed by atoms with Gasteiger partial charge >= 0.3 is 12.1 Å². The van der Waals surface area contributed by atoms with Gasteiger partial charge in [-0.3, -0.25) is 10.3 Å². The topological polar surface area (TPSA) is 88.5 Å². The fourth-order valence-electron chi connectivity index (χ4n) is 1.13. The summed E-state index contributed by atoms with van der Waals surface area (Å²) in [6.07, 6.45) is 1.82. The van der Waals surface area contributed by atoms with Crippen LogP contribution < -0.4 is 5.32 Å². The van der Waals surface area contributed by atoms with Gasteiger partial charge in [0.2, 0.25) is 0 Å². The summed E-state index contributed by atoms with van der Waals surface area (Å²) in [6.45, 7) is 5.14. The third-order valence-corrected chi connectivity index (χ3v) is 2.36. The molecule has 0 spiro atoms. The van der Waals surface area contributed by atoms with Crippen LogP contribution in [0.3, 0.4) is 0 Å². The molecule has 6 nitrogen and oxygen atoms in total. The summed E-state index contributed by atoms with van der Waals surface area (Å²) < 4.78 is 5.42. The van der Waals surface area contributed by atoms with E-state index in [9.17, 15) is 9.59 Å². The molecule has 0 aliphatic rings. The van der Waals surface area contributed by atoms with Crippen LogP contribution in [0.15, 0.2) is 16.9 Å². The molecule has 0 aliphatic carbocycles. The van der Waals surface area contributed by atoms with E-state index in [1.807, 2.05) is 0 Å². The second-order valence-electron chi connectivity index (χ2n) is 4.48. The molecule has 1 rings (SSSR count). The van der Waals surface area contributed by atoms with E-state index in [2.05, 4.69) is 26.2 Å². The predicted octanol–water partition coefficient (Wildman–Crippen LogP) is 2.89. The number of carbonyl (C=O) groups excluding carboxylic acids is 1. The van der Waals surface area contributed by atoms with Crippen LogP contribution in [0.25, 0.3) is 0 Å². The van der Waals surface area contributed by atoms with Crippen LogP contribution in [-0.2, 0) is 4.74 Å². The number of aromatic carboxylic acids is 1. The van der Waals surface area contributed by atoms with Crippen LogP contribution in [0.1, 0.15) is 31.1 Å². The van der Waals surface area contributed by atoms with Crippen molar-refractivity contribution in [1.29, 1.82) is 0 Å². The van der Waals surface area contributed by atoms with Crippen molar-refractivity contribution in [2.45, 2.75) is 26.4 Å². The fourth-order valence-corrected chi connectivity index (χ4v) is 1.56. The van der Waals surface area contributed by atoms with Crippen molar-refractivity contribution in [3.8, 4) is 0 Å². The molecular weight excluding hydrogens is 304 g/mol. The lowest BCUT2D eigenvalue weighted by atomic mass is 10.2. The summed E-state index contributed by atoms with van der Waals surface area (Å²) in [5.74, 6) is -1.19. The first-order chi connectivity index (χ1) is 8.20. The Morgan fingerprint density at radius 2 is 2.00 bits per heavy atom. The Bertz CT molecular complexity index is 482. The zero-order chi connectivity index (χ0) is 13.9. The van der Waals surface area contributed by atoms with Crippen molar-refractivity contribution in [1.82, 2.24) is 4.98 Å². The van der Waals surface area contributed by atoms with Gasteiger partial charge in [-0.1, -0.05) is 0 Å². The Labute approximate surface area is 112 Å². The number of halogens is 1. The monoisotopic (exact) mass is 316 g/mol. The van der Waals surface area contributed by atoms with Crippen LogP contribution >= 0.6 is 15.9 Å². The maximum absolute atomic E-state index is 11.6. The Morgan fingerprint density at radius 3 is 2.50 bits per heavy atom. The van der Waals surface area contributed by atoms with E-state index in [0.29, 0.717) is 4.47 Å². The molecule has 18 heavy (non-hydrogen) atoms. The lowest BCUT2D eigenvalue weighted by Crippen LogP contribution is -2.28. The van der Waals surface area contributed by atoms with Crippen LogP contribution in [0.5, 0.6) is 0 Å². The number of nitrogens with one attached hydrogen (secondary N) is 1. The summed E-state index contributed by atoms with van der Waals surface area (Å²) in [6, 6.07) is 0. The van der Waals surface area contributed by atoms with Gasteiger partial charge in [0.25, 0.3) is 0 Å². The summed E-state index contributed by atoms with van der Waals surface area (Å²) in [5, 5.41) is 11.4. The molecule has 1 heterocycles. The van der Waals surface area contributed by atoms with Gasteiger partial charge in [-0.05, 0) is 36.7 Å². The van der Waals surface area contributed by atoms with Gasteiger partial charge in [0.05, 0.1) is 10.2 Å². The highest BCUT2D eigenvalue weighted by molar-refractivity contribution is 9.10. The van der Waals surface area contributed by atoms with E-state index >= 15 is 0 Å². The second-order valence-corrected chi connectivity index (χ2v) is 5.33. The number of hydrogen-bond donors (Lipinski definition) is 2. The molecule has 1 aromatic heterocycles. The fraction of sp³-hybridized carbons (Fsp3) is 0.364. The van der Waals surface area contributed by atoms with Crippen molar-refractivity contribution in [3.63, 3.8) is 0 Å². The van der Waals surface area contributed by atoms with Crippen LogP contribution in [0.2, 0.25) is 0 Å². The summed E-state index contributed by atoms with van der Waals surface area (Å²) in [5.41, 5.74) is -0.658. The molecule has 0 saturated carbocycles. The number of carboxylic acid groups (broad SMARTS) is 1. The first kappa shape index (κ1) is 14.4. The molecule has 1 amide bonds. The molecule has 0 aliphatic heterocycles. The molecule has 2 N–H and O–H groups in total. The Morgan fingerprint density at radius 1 is 1.39 bits per heavy atom. The van der Waals surface area contributed by atoms with Gasteiger partial charge < -0.3 is 9.84 Å². The molecular formula is C11H13BrN2O4. The zero-order valence-corrected chi connectivity index (χ0v) is 11.7. The minimum absolute atomic E-state index is 0.116. The highest BCUT2D eigenvalue weighted by atomic mass is 79.9. The van der Waals surface area contributed by atoms with E-state index in [1.165, 1.54) is 6.20 Å². The van der Waals surface area contributed by atoms with Crippen molar-refractivity contribution >= 4 is 33.7 Å². The number of pyridine rings is 1. The van der Waals surface area contributed by atoms with Crippen LogP contribution in [-0.4, -0.2) is 27.8 Å². The van der Waals surface area contributed by atoms with E-state index in [1.54, 1.807) is 20.8 Å². The van der Waals surface area contributed by atoms with Crippen LogP contribution in [0.4, 0.5) is 10.5 Å². The molecule has 0 bridgehead atoms. The van der Waals surface area contributed by atoms with Gasteiger partial charge in [0.15, 0.2) is 0 Å². The number of carbonyl (C=O) groups is 2. The molecule has 0 radical (unpaired) electrons. The Hall–Kier alpha value is -1.63. The standard InChI is InChI=1S/C11H13BrN2O4/c1-11(2,3)18-10(17)14-8-6(9(15)16)4-13-5-7(8)12/h4-5H,1-3H3,(H,15,16)(H,13,14,17). The van der Waals surface area contributed by atoms with E-state index in [4.69, 9.17) is 9.84 Å². The summed E-state index contributed by atoms with van der Waals surface area (Å²) >= 11 is 3.13. The first-order valence-corrected chi connectivity index (χ1v) is 5.87. The Balaban J connectivity index is 2.97. The first-order valence-electron chi connectivity index (χ1n) is 5.07. The number of nitrogens with zero attached hydrogens (tertiary/aromatic N) is 1. The maximum Gasteiger partial charge on any atom is 0.412 e. The number of carboxylic acids is 1. The number of anilines is 1. The van der Waals surface area contributed by atoms with E-state index in [0.717, 1.165) is 6.20 Å². The van der Waals surface area contributed by atoms with Crippen molar-refractivity contribution in [3.05, 3.63) is 22.4 Å². The smallest absolute Gasteiger partial charge is 0.412 e. The van der Waals surface area contributed by atoms with Gasteiger partial charge in [-0.2, -0.15) is 0 Å². The molecule has 98 valence electrons. The number of rotatable bonds is 2. The average Bonchev–Trinajstić information content (AvgIpc) is 2.17. The number of ether oxygens (including phenoxy) is 1. The molecule has 0 fully saturated rings. The number of aromatic nitrogens is 1. The normalized spacial score (nSPS) is 10.9. The third kappa shape index (κ3) is 3.99. The molecule has 0 aromatic carbocycles. The van der Waals surface area contributed by atoms with Crippen molar-refractivity contribution < 1.29 is 19.4 Å². The van der Waals surface area contributed by atoms with Gasteiger partial charge in [0, 0.05) is 12.4 Å². The summed E-state index contributed by atoms with van der Waals surface area (Å²) in [7, 11) is 0. The molecule has 0 unspecified atom stereocenters. The molecule has 7 heteroatoms. The van der Waals surface area contributed by atoms with Crippen molar-refractivity contribution in [2.24, 2.45) is 0 Å². The molecule has 0 saturated heterocycles. The van der Waals surface area contributed by atoms with E-state index < -0.39 is 17.7 Å². The molecule has 1 aromatic rings. The highest BCUT2D eigenvalue weighted by Gasteiger charge is 2.20. The lowest BCUT2D eigenvalue weighted by Gasteiger charge is -2.20. The van der Waals surface area contributed by atoms with Gasteiger partial charge in [-0.15, -0.1) is 0 Å². The Kier molecular flexibility index (Phi) is 4.28. The molecule has 0 atom stereocenters. The maximum atomic E-state index is 11.6. The SMILES string of the molecule is CC(C)(C)OC(=O)Nc1c(Br)cncc1C(=O)O. The van der Waals surface area contributed by atoms with Gasteiger partial charge in [0.1, 0.15) is 11.2 Å². The van der Waals surface area contributed by atoms with Crippen molar-refractivity contribution in [2.75, 3.05) is 5.32 Å². The number of amides is 1. The zero-order valence-electron chi connectivity index (χ0n) is 10.2. The van der Waals surface area contributed by atoms with E-state index in [-0.39, 0.29) is 11.3 Å². The van der Waals surface area contributed by atoms with Gasteiger partial charge in [-0.25, -0.2) is 9.59 Å². The second kappa shape index (κ2) is 5.34. The minimum Gasteiger partial charge on any atom is -0.478 e. The van der Waals surface area contributed by atoms with Crippen LogP contribution in [0, 0.1) is 0 Å². The third-order valence-electron chi connectivity index (χ3n) is 1.76. The average molecular weight is 317 g/mol. The minimum atomic E-state index is -1.19. The largest absolute Gasteiger partial charge is 0.478 e. The lowest BCUT2D eigenvalue weighted by molar-refractivity contribution is 0.0636. The summed E-state index contributed by atoms with van der Waals surface area (Å²) in [4.78, 5) is 26.3. The number of hydrogen-bond acceptors (Lipinski definition) is 4. The highest BCUT2D eigenvalue weighted by Crippen LogP contribution is 2.25.